The zero-order valence-corrected chi connectivity index (χ0v) is 12.0. The van der Waals surface area contributed by atoms with Gasteiger partial charge in [-0.3, -0.25) is 4.79 Å². The summed E-state index contributed by atoms with van der Waals surface area (Å²) in [5.41, 5.74) is 0. The fraction of sp³-hybridized carbons (Fsp3) is 0.867. The number of carbonyl (C=O) groups excluding carboxylic acids is 1. The highest BCUT2D eigenvalue weighted by Gasteiger charge is 2.29. The van der Waals surface area contributed by atoms with E-state index in [-0.39, 0.29) is 5.91 Å². The lowest BCUT2D eigenvalue weighted by Gasteiger charge is -2.35. The molecule has 0 aliphatic heterocycles. The highest BCUT2D eigenvalue weighted by atomic mass is 16.2. The van der Waals surface area contributed by atoms with Crippen molar-refractivity contribution in [2.75, 3.05) is 7.05 Å². The lowest BCUT2D eigenvalue weighted by Crippen LogP contribution is -2.42. The van der Waals surface area contributed by atoms with Crippen LogP contribution in [0.25, 0.3) is 0 Å². The molecule has 3 nitrogen and oxygen atoms in total. The molecule has 0 radical (unpaired) electrons. The summed E-state index contributed by atoms with van der Waals surface area (Å²) in [6.07, 6.45) is 7.48. The number of amides is 1. The SMILES string of the molecule is CCCC(C#N)C(=O)N(C)C1CCC(CC)CC1. The highest BCUT2D eigenvalue weighted by molar-refractivity contribution is 5.81. The Kier molecular flexibility index (Phi) is 6.18. The summed E-state index contributed by atoms with van der Waals surface area (Å²) in [7, 11) is 1.87. The summed E-state index contributed by atoms with van der Waals surface area (Å²) >= 11 is 0. The standard InChI is InChI=1S/C15H26N2O/c1-4-6-13(11-16)15(18)17(3)14-9-7-12(5-2)8-10-14/h12-14H,4-10H2,1-3H3. The molecule has 0 heterocycles. The molecule has 18 heavy (non-hydrogen) atoms. The van der Waals surface area contributed by atoms with Crippen molar-refractivity contribution in [3.8, 4) is 6.07 Å². The molecule has 0 saturated heterocycles. The van der Waals surface area contributed by atoms with Crippen molar-refractivity contribution in [1.82, 2.24) is 4.90 Å². The maximum Gasteiger partial charge on any atom is 0.239 e. The highest BCUT2D eigenvalue weighted by Crippen LogP contribution is 2.29. The summed E-state index contributed by atoms with van der Waals surface area (Å²) in [4.78, 5) is 14.1. The van der Waals surface area contributed by atoms with Gasteiger partial charge in [-0.15, -0.1) is 0 Å². The first-order valence-electron chi connectivity index (χ1n) is 7.30. The van der Waals surface area contributed by atoms with Crippen molar-refractivity contribution in [1.29, 1.82) is 5.26 Å². The van der Waals surface area contributed by atoms with Crippen LogP contribution in [0, 0.1) is 23.2 Å². The molecule has 1 saturated carbocycles. The van der Waals surface area contributed by atoms with Crippen LogP contribution < -0.4 is 0 Å². The number of carbonyl (C=O) groups is 1. The number of nitriles is 1. The van der Waals surface area contributed by atoms with Gasteiger partial charge in [0.25, 0.3) is 0 Å². The fourth-order valence-corrected chi connectivity index (χ4v) is 2.90. The minimum Gasteiger partial charge on any atom is -0.342 e. The van der Waals surface area contributed by atoms with Crippen LogP contribution in [0.4, 0.5) is 0 Å². The topological polar surface area (TPSA) is 44.1 Å². The van der Waals surface area contributed by atoms with Crippen LogP contribution in [0.1, 0.15) is 58.8 Å². The molecule has 1 unspecified atom stereocenters. The molecule has 1 atom stereocenters. The van der Waals surface area contributed by atoms with Crippen LogP contribution in [0.5, 0.6) is 0 Å². The molecule has 1 aliphatic rings. The third-order valence-electron chi connectivity index (χ3n) is 4.32. The average Bonchev–Trinajstić information content (AvgIpc) is 2.43. The summed E-state index contributed by atoms with van der Waals surface area (Å²) in [5.74, 6) is 0.426. The van der Waals surface area contributed by atoms with Crippen molar-refractivity contribution >= 4 is 5.91 Å². The van der Waals surface area contributed by atoms with Crippen LogP contribution in [0.3, 0.4) is 0 Å². The molecule has 1 fully saturated rings. The summed E-state index contributed by atoms with van der Waals surface area (Å²) in [5, 5.41) is 9.06. The van der Waals surface area contributed by atoms with E-state index < -0.39 is 5.92 Å². The van der Waals surface area contributed by atoms with E-state index in [1.807, 2.05) is 18.9 Å². The summed E-state index contributed by atoms with van der Waals surface area (Å²) < 4.78 is 0. The van der Waals surface area contributed by atoms with Crippen molar-refractivity contribution in [3.63, 3.8) is 0 Å². The Morgan fingerprint density at radius 2 is 1.94 bits per heavy atom. The number of rotatable bonds is 5. The van der Waals surface area contributed by atoms with E-state index in [1.54, 1.807) is 0 Å². The molecule has 0 aromatic heterocycles. The van der Waals surface area contributed by atoms with Crippen molar-refractivity contribution in [3.05, 3.63) is 0 Å². The molecule has 3 heteroatoms. The minimum absolute atomic E-state index is 0.0271. The molecule has 102 valence electrons. The minimum atomic E-state index is -0.441. The van der Waals surface area contributed by atoms with Crippen LogP contribution in [0.15, 0.2) is 0 Å². The summed E-state index contributed by atoms with van der Waals surface area (Å²) in [6.45, 7) is 4.26. The van der Waals surface area contributed by atoms with Crippen LogP contribution in [0.2, 0.25) is 0 Å². The van der Waals surface area contributed by atoms with Gasteiger partial charge in [0.1, 0.15) is 5.92 Å². The van der Waals surface area contributed by atoms with Crippen LogP contribution in [-0.2, 0) is 4.79 Å². The first kappa shape index (κ1) is 15.0. The maximum atomic E-state index is 12.2. The smallest absolute Gasteiger partial charge is 0.239 e. The van der Waals surface area contributed by atoms with E-state index in [0.29, 0.717) is 12.5 Å². The van der Waals surface area contributed by atoms with E-state index >= 15 is 0 Å². The molecule has 1 aliphatic carbocycles. The van der Waals surface area contributed by atoms with Crippen molar-refractivity contribution in [2.24, 2.45) is 11.8 Å². The predicted molar refractivity (Wildman–Crippen MR) is 72.8 cm³/mol. The van der Waals surface area contributed by atoms with E-state index in [4.69, 9.17) is 5.26 Å². The van der Waals surface area contributed by atoms with Crippen molar-refractivity contribution < 1.29 is 4.79 Å². The monoisotopic (exact) mass is 250 g/mol. The van der Waals surface area contributed by atoms with Gasteiger partial charge in [-0.2, -0.15) is 5.26 Å². The second-order valence-corrected chi connectivity index (χ2v) is 5.50. The average molecular weight is 250 g/mol. The van der Waals surface area contributed by atoms with E-state index in [0.717, 1.165) is 25.2 Å². The quantitative estimate of drug-likeness (QED) is 0.751. The predicted octanol–water partition coefficient (Wildman–Crippen LogP) is 3.35. The van der Waals surface area contributed by atoms with Gasteiger partial charge in [0.15, 0.2) is 0 Å². The third kappa shape index (κ3) is 3.73. The first-order chi connectivity index (χ1) is 8.63. The molecule has 0 N–H and O–H groups in total. The molecule has 0 spiro atoms. The third-order valence-corrected chi connectivity index (χ3v) is 4.32. The lowest BCUT2D eigenvalue weighted by atomic mass is 9.83. The molecular formula is C15H26N2O. The normalized spacial score (nSPS) is 25.2. The number of nitrogens with zero attached hydrogens (tertiary/aromatic N) is 2. The Labute approximate surface area is 111 Å². The Hall–Kier alpha value is -1.04. The van der Waals surface area contributed by atoms with Gasteiger partial charge in [0.2, 0.25) is 5.91 Å². The Bertz CT molecular complexity index is 300. The molecule has 1 amide bonds. The Morgan fingerprint density at radius 1 is 1.33 bits per heavy atom. The molecular weight excluding hydrogens is 224 g/mol. The summed E-state index contributed by atoms with van der Waals surface area (Å²) in [6, 6.07) is 2.51. The first-order valence-corrected chi connectivity index (χ1v) is 7.30. The van der Waals surface area contributed by atoms with Gasteiger partial charge in [-0.1, -0.05) is 26.7 Å². The van der Waals surface area contributed by atoms with Gasteiger partial charge in [0.05, 0.1) is 6.07 Å². The Morgan fingerprint density at radius 3 is 2.39 bits per heavy atom. The van der Waals surface area contributed by atoms with Gasteiger partial charge in [0, 0.05) is 13.1 Å². The Balaban J connectivity index is 2.51. The second-order valence-electron chi connectivity index (χ2n) is 5.50. The van der Waals surface area contributed by atoms with Crippen LogP contribution >= 0.6 is 0 Å². The molecule has 1 rings (SSSR count). The molecule has 0 aromatic carbocycles. The van der Waals surface area contributed by atoms with E-state index in [9.17, 15) is 4.79 Å². The second kappa shape index (κ2) is 7.41. The molecule has 0 aromatic rings. The largest absolute Gasteiger partial charge is 0.342 e. The number of hydrogen-bond donors (Lipinski definition) is 0. The zero-order valence-electron chi connectivity index (χ0n) is 12.0. The van der Waals surface area contributed by atoms with Gasteiger partial charge in [-0.05, 0) is 38.0 Å². The van der Waals surface area contributed by atoms with E-state index in [2.05, 4.69) is 13.0 Å². The maximum absolute atomic E-state index is 12.2. The van der Waals surface area contributed by atoms with E-state index in [1.165, 1.54) is 19.3 Å². The number of hydrogen-bond acceptors (Lipinski definition) is 2. The molecule has 0 bridgehead atoms. The fourth-order valence-electron chi connectivity index (χ4n) is 2.90. The lowest BCUT2D eigenvalue weighted by molar-refractivity contribution is -0.135. The van der Waals surface area contributed by atoms with Crippen LogP contribution in [-0.4, -0.2) is 23.9 Å². The van der Waals surface area contributed by atoms with Crippen molar-refractivity contribution in [2.45, 2.75) is 64.8 Å². The van der Waals surface area contributed by atoms with Gasteiger partial charge < -0.3 is 4.90 Å². The van der Waals surface area contributed by atoms with Gasteiger partial charge >= 0.3 is 0 Å². The van der Waals surface area contributed by atoms with Gasteiger partial charge in [-0.25, -0.2) is 0 Å². The zero-order chi connectivity index (χ0) is 13.5.